The molecule has 0 spiro atoms. The highest BCUT2D eigenvalue weighted by molar-refractivity contribution is 8.14. The Kier molecular flexibility index (Phi) is 7.16. The lowest BCUT2D eigenvalue weighted by Gasteiger charge is -2.30. The van der Waals surface area contributed by atoms with Crippen molar-refractivity contribution in [2.45, 2.75) is 44.2 Å². The minimum absolute atomic E-state index is 0.224. The van der Waals surface area contributed by atoms with Gasteiger partial charge in [0.2, 0.25) is 0 Å². The third-order valence-electron chi connectivity index (χ3n) is 6.85. The predicted molar refractivity (Wildman–Crippen MR) is 135 cm³/mol. The third-order valence-corrected chi connectivity index (χ3v) is 8.22. The highest BCUT2D eigenvalue weighted by Gasteiger charge is 2.27. The molecule has 178 valence electrons. The van der Waals surface area contributed by atoms with Gasteiger partial charge in [-0.05, 0) is 56.8 Å². The van der Waals surface area contributed by atoms with E-state index in [2.05, 4.69) is 21.3 Å². The minimum atomic E-state index is -0.666. The first kappa shape index (κ1) is 23.0. The molecule has 3 N–H and O–H groups in total. The lowest BCUT2D eigenvalue weighted by Crippen LogP contribution is -2.39. The van der Waals surface area contributed by atoms with Crippen LogP contribution in [0.1, 0.15) is 37.8 Å². The first-order valence-corrected chi connectivity index (χ1v) is 13.2. The number of aromatic nitrogens is 1. The monoisotopic (exact) mass is 490 g/mol. The Balaban J connectivity index is 1.25. The van der Waals surface area contributed by atoms with Crippen LogP contribution >= 0.6 is 23.4 Å². The molecule has 9 heteroatoms. The zero-order valence-electron chi connectivity index (χ0n) is 18.7. The number of nitrogens with one attached hydrogen (secondary N) is 2. The number of likely N-dealkylation sites (tertiary alicyclic amines) is 1. The van der Waals surface area contributed by atoms with Gasteiger partial charge < -0.3 is 25.0 Å². The Morgan fingerprint density at radius 2 is 2.15 bits per heavy atom. The predicted octanol–water partition coefficient (Wildman–Crippen LogP) is 4.46. The van der Waals surface area contributed by atoms with Gasteiger partial charge in [-0.15, -0.1) is 11.8 Å². The lowest BCUT2D eigenvalue weighted by molar-refractivity contribution is -0.143. The molecule has 2 saturated heterocycles. The first-order valence-electron chi connectivity index (χ1n) is 11.9. The number of rotatable bonds is 7. The van der Waals surface area contributed by atoms with Gasteiger partial charge in [-0.2, -0.15) is 0 Å². The van der Waals surface area contributed by atoms with E-state index in [4.69, 9.17) is 21.3 Å². The Morgan fingerprint density at radius 1 is 1.30 bits per heavy atom. The summed E-state index contributed by atoms with van der Waals surface area (Å²) in [5, 5.41) is 15.8. The van der Waals surface area contributed by atoms with Crippen LogP contribution < -0.4 is 5.32 Å². The standard InChI is InChI=1S/C24H31ClN4O3S/c25-17-10-16-11-21(28-22(16)20(12-17)26-18-4-8-32-9-5-18)23-27-19(14-33-23)3-7-29-6-1-2-15(13-29)24(30)31/h10-12,15,18-19,26,28H,1-9,13-14H2,(H,30,31). The number of halogens is 1. The summed E-state index contributed by atoms with van der Waals surface area (Å²) < 4.78 is 5.48. The van der Waals surface area contributed by atoms with Gasteiger partial charge in [0.05, 0.1) is 28.9 Å². The number of H-pyrrole nitrogens is 1. The van der Waals surface area contributed by atoms with Gasteiger partial charge in [-0.3, -0.25) is 9.79 Å². The van der Waals surface area contributed by atoms with Crippen LogP contribution in [-0.2, 0) is 9.53 Å². The number of piperidine rings is 1. The minimum Gasteiger partial charge on any atom is -0.481 e. The van der Waals surface area contributed by atoms with Crippen molar-refractivity contribution < 1.29 is 14.6 Å². The van der Waals surface area contributed by atoms with Crippen molar-refractivity contribution in [3.63, 3.8) is 0 Å². The Morgan fingerprint density at radius 3 is 2.97 bits per heavy atom. The van der Waals surface area contributed by atoms with Crippen LogP contribution in [0, 0.1) is 5.92 Å². The molecular weight excluding hydrogens is 460 g/mol. The van der Waals surface area contributed by atoms with Crippen molar-refractivity contribution in [2.24, 2.45) is 10.9 Å². The summed E-state index contributed by atoms with van der Waals surface area (Å²) in [6, 6.07) is 6.80. The van der Waals surface area contributed by atoms with Crippen LogP contribution in [0.3, 0.4) is 0 Å². The highest BCUT2D eigenvalue weighted by atomic mass is 35.5. The first-order chi connectivity index (χ1) is 16.0. The average molecular weight is 491 g/mol. The van der Waals surface area contributed by atoms with Crippen LogP contribution in [-0.4, -0.2) is 76.7 Å². The normalized spacial score (nSPS) is 24.8. The number of fused-ring (bicyclic) bond motifs is 1. The van der Waals surface area contributed by atoms with Crippen LogP contribution in [0.15, 0.2) is 23.2 Å². The summed E-state index contributed by atoms with van der Waals surface area (Å²) in [6.45, 7) is 4.15. The Hall–Kier alpha value is -1.74. The number of benzene rings is 1. The number of aromatic amines is 1. The van der Waals surface area contributed by atoms with Gasteiger partial charge in [-0.1, -0.05) is 11.6 Å². The SMILES string of the molecule is O=C(O)C1CCCN(CCC2CSC(c3cc4cc(Cl)cc(NC5CCOCC5)c4[nH]3)=N2)C1. The van der Waals surface area contributed by atoms with E-state index in [-0.39, 0.29) is 12.0 Å². The number of carbonyl (C=O) groups is 1. The molecule has 3 aliphatic rings. The van der Waals surface area contributed by atoms with Crippen molar-refractivity contribution in [1.82, 2.24) is 9.88 Å². The number of aliphatic imine (C=N–C) groups is 1. The second-order valence-corrected chi connectivity index (χ2v) is 10.7. The van der Waals surface area contributed by atoms with E-state index in [1.807, 2.05) is 12.1 Å². The van der Waals surface area contributed by atoms with E-state index in [9.17, 15) is 9.90 Å². The van der Waals surface area contributed by atoms with Crippen LogP contribution in [0.4, 0.5) is 5.69 Å². The summed E-state index contributed by atoms with van der Waals surface area (Å²) in [7, 11) is 0. The van der Waals surface area contributed by atoms with Crippen LogP contribution in [0.5, 0.6) is 0 Å². The Bertz CT molecular complexity index is 1040. The molecular formula is C24H31ClN4O3S. The molecule has 2 fully saturated rings. The maximum Gasteiger partial charge on any atom is 0.307 e. The second kappa shape index (κ2) is 10.3. The molecule has 0 bridgehead atoms. The van der Waals surface area contributed by atoms with E-state index in [1.54, 1.807) is 11.8 Å². The van der Waals surface area contributed by atoms with Crippen molar-refractivity contribution in [2.75, 3.05) is 43.9 Å². The molecule has 2 atom stereocenters. The molecule has 33 heavy (non-hydrogen) atoms. The average Bonchev–Trinajstić information content (AvgIpc) is 3.46. The van der Waals surface area contributed by atoms with Crippen LogP contribution in [0.25, 0.3) is 10.9 Å². The number of carboxylic acid groups (broad SMARTS) is 1. The van der Waals surface area contributed by atoms with Crippen molar-refractivity contribution in [3.8, 4) is 0 Å². The maximum absolute atomic E-state index is 11.3. The van der Waals surface area contributed by atoms with Crippen molar-refractivity contribution >= 4 is 51.0 Å². The summed E-state index contributed by atoms with van der Waals surface area (Å²) in [5.74, 6) is 0.0772. The fourth-order valence-electron chi connectivity index (χ4n) is 5.00. The smallest absolute Gasteiger partial charge is 0.307 e. The van der Waals surface area contributed by atoms with Gasteiger partial charge >= 0.3 is 5.97 Å². The highest BCUT2D eigenvalue weighted by Crippen LogP contribution is 2.33. The number of thioether (sulfide) groups is 1. The maximum atomic E-state index is 11.3. The molecule has 7 nitrogen and oxygen atoms in total. The summed E-state index contributed by atoms with van der Waals surface area (Å²) in [6.07, 6.45) is 4.72. The summed E-state index contributed by atoms with van der Waals surface area (Å²) in [4.78, 5) is 22.2. The molecule has 1 aromatic heterocycles. The topological polar surface area (TPSA) is 90.0 Å². The lowest BCUT2D eigenvalue weighted by atomic mass is 9.98. The second-order valence-electron chi connectivity index (χ2n) is 9.30. The van der Waals surface area contributed by atoms with Gasteiger partial charge in [-0.25, -0.2) is 0 Å². The molecule has 4 heterocycles. The van der Waals surface area contributed by atoms with E-state index >= 15 is 0 Å². The molecule has 5 rings (SSSR count). The molecule has 2 aromatic rings. The molecule has 0 radical (unpaired) electrons. The molecule has 0 amide bonds. The fourth-order valence-corrected chi connectivity index (χ4v) is 6.31. The van der Waals surface area contributed by atoms with Crippen molar-refractivity contribution in [1.29, 1.82) is 0 Å². The molecule has 0 saturated carbocycles. The molecule has 3 aliphatic heterocycles. The quantitative estimate of drug-likeness (QED) is 0.531. The number of nitrogens with zero attached hydrogens (tertiary/aromatic N) is 2. The van der Waals surface area contributed by atoms with Gasteiger partial charge in [0.15, 0.2) is 0 Å². The zero-order chi connectivity index (χ0) is 22.8. The number of carboxylic acids is 1. The molecule has 1 aromatic carbocycles. The summed E-state index contributed by atoms with van der Waals surface area (Å²) >= 11 is 8.22. The number of ether oxygens (including phenoxy) is 1. The van der Waals surface area contributed by atoms with Gasteiger partial charge in [0, 0.05) is 48.5 Å². The van der Waals surface area contributed by atoms with E-state index in [1.165, 1.54) is 0 Å². The zero-order valence-corrected chi connectivity index (χ0v) is 20.3. The van der Waals surface area contributed by atoms with E-state index in [0.29, 0.717) is 12.6 Å². The van der Waals surface area contributed by atoms with E-state index in [0.717, 1.165) is 96.5 Å². The van der Waals surface area contributed by atoms with Gasteiger partial charge in [0.25, 0.3) is 0 Å². The molecule has 2 unspecified atom stereocenters. The summed E-state index contributed by atoms with van der Waals surface area (Å²) in [5.41, 5.74) is 3.15. The fraction of sp³-hybridized carbons (Fsp3) is 0.583. The van der Waals surface area contributed by atoms with Gasteiger partial charge in [0.1, 0.15) is 5.04 Å². The van der Waals surface area contributed by atoms with Crippen LogP contribution in [0.2, 0.25) is 5.02 Å². The third kappa shape index (κ3) is 5.50. The number of anilines is 1. The number of hydrogen-bond donors (Lipinski definition) is 3. The van der Waals surface area contributed by atoms with Crippen molar-refractivity contribution in [3.05, 3.63) is 28.9 Å². The molecule has 0 aliphatic carbocycles. The van der Waals surface area contributed by atoms with E-state index < -0.39 is 5.97 Å². The number of aliphatic carboxylic acids is 1. The number of hydrogen-bond acceptors (Lipinski definition) is 6. The largest absolute Gasteiger partial charge is 0.481 e. The Labute approximate surface area is 203 Å².